The Morgan fingerprint density at radius 2 is 1.61 bits per heavy atom. The lowest BCUT2D eigenvalue weighted by Gasteiger charge is -2.21. The molecule has 1 aromatic carbocycles. The zero-order valence-corrected chi connectivity index (χ0v) is 20.9. The van der Waals surface area contributed by atoms with E-state index in [4.69, 9.17) is 0 Å². The van der Waals surface area contributed by atoms with Crippen LogP contribution in [0, 0.1) is 11.7 Å². The van der Waals surface area contributed by atoms with Gasteiger partial charge < -0.3 is 4.98 Å². The molecule has 0 bridgehead atoms. The Labute approximate surface area is 219 Å². The number of benzene rings is 1. The number of aromatic nitrogens is 6. The van der Waals surface area contributed by atoms with Crippen molar-refractivity contribution in [1.29, 1.82) is 0 Å². The molecular formula is C31H27FN6. The predicted octanol–water partition coefficient (Wildman–Crippen LogP) is 7.49. The first-order valence-electron chi connectivity index (χ1n) is 13.2. The van der Waals surface area contributed by atoms with E-state index in [-0.39, 0.29) is 5.82 Å². The van der Waals surface area contributed by atoms with Crippen LogP contribution in [0.25, 0.3) is 55.6 Å². The highest BCUT2D eigenvalue weighted by molar-refractivity contribution is 6.00. The molecule has 0 unspecified atom stereocenters. The number of pyridine rings is 3. The van der Waals surface area contributed by atoms with Crippen LogP contribution in [0.5, 0.6) is 0 Å². The summed E-state index contributed by atoms with van der Waals surface area (Å²) >= 11 is 0. The average Bonchev–Trinajstić information content (AvgIpc) is 3.58. The second kappa shape index (κ2) is 9.49. The molecule has 188 valence electrons. The maximum absolute atomic E-state index is 13.5. The lowest BCUT2D eigenvalue weighted by molar-refractivity contribution is 0.356. The van der Waals surface area contributed by atoms with Gasteiger partial charge in [-0.05, 0) is 53.8 Å². The fourth-order valence-electron chi connectivity index (χ4n) is 5.79. The van der Waals surface area contributed by atoms with Crippen molar-refractivity contribution in [3.05, 3.63) is 84.8 Å². The zero-order valence-electron chi connectivity index (χ0n) is 20.9. The molecular weight excluding hydrogens is 475 g/mol. The highest BCUT2D eigenvalue weighted by Gasteiger charge is 2.17. The Kier molecular flexibility index (Phi) is 5.69. The Bertz CT molecular complexity index is 1740. The number of fused-ring (bicyclic) bond motifs is 2. The van der Waals surface area contributed by atoms with E-state index in [0.717, 1.165) is 67.9 Å². The van der Waals surface area contributed by atoms with E-state index in [1.165, 1.54) is 49.8 Å². The molecule has 6 nitrogen and oxygen atoms in total. The second-order valence-corrected chi connectivity index (χ2v) is 10.3. The third-order valence-electron chi connectivity index (χ3n) is 7.75. The molecule has 1 saturated carbocycles. The first-order chi connectivity index (χ1) is 18.7. The maximum Gasteiger partial charge on any atom is 0.155 e. The van der Waals surface area contributed by atoms with Crippen LogP contribution in [0.3, 0.4) is 0 Å². The monoisotopic (exact) mass is 502 g/mol. The maximum atomic E-state index is 13.5. The molecule has 0 atom stereocenters. The van der Waals surface area contributed by atoms with Crippen LogP contribution in [0.4, 0.5) is 4.39 Å². The van der Waals surface area contributed by atoms with Gasteiger partial charge in [0.25, 0.3) is 0 Å². The minimum atomic E-state index is -0.260. The quantitative estimate of drug-likeness (QED) is 0.256. The Morgan fingerprint density at radius 3 is 2.47 bits per heavy atom. The molecule has 38 heavy (non-hydrogen) atoms. The van der Waals surface area contributed by atoms with E-state index in [0.29, 0.717) is 0 Å². The van der Waals surface area contributed by atoms with Crippen molar-refractivity contribution in [2.24, 2.45) is 5.92 Å². The number of hydrogen-bond donors (Lipinski definition) is 2. The predicted molar refractivity (Wildman–Crippen MR) is 148 cm³/mol. The number of H-pyrrole nitrogens is 2. The van der Waals surface area contributed by atoms with Crippen LogP contribution >= 0.6 is 0 Å². The summed E-state index contributed by atoms with van der Waals surface area (Å²) in [5.74, 6) is 0.503. The smallest absolute Gasteiger partial charge is 0.155 e. The number of aromatic amines is 2. The van der Waals surface area contributed by atoms with Crippen molar-refractivity contribution in [2.75, 3.05) is 0 Å². The molecule has 0 aliphatic heterocycles. The van der Waals surface area contributed by atoms with Gasteiger partial charge in [-0.2, -0.15) is 5.10 Å². The fraction of sp³-hybridized carbons (Fsp3) is 0.226. The minimum absolute atomic E-state index is 0.260. The lowest BCUT2D eigenvalue weighted by Crippen LogP contribution is -2.09. The molecule has 7 rings (SSSR count). The summed E-state index contributed by atoms with van der Waals surface area (Å²) in [6.07, 6.45) is 17.2. The van der Waals surface area contributed by atoms with Crippen molar-refractivity contribution >= 4 is 21.9 Å². The summed E-state index contributed by atoms with van der Waals surface area (Å²) < 4.78 is 13.5. The molecule has 0 spiro atoms. The molecule has 6 aromatic rings. The summed E-state index contributed by atoms with van der Waals surface area (Å²) in [4.78, 5) is 17.1. The normalized spacial score (nSPS) is 14.4. The van der Waals surface area contributed by atoms with E-state index in [1.807, 2.05) is 24.8 Å². The Hall–Kier alpha value is -4.39. The van der Waals surface area contributed by atoms with Crippen molar-refractivity contribution in [1.82, 2.24) is 30.1 Å². The molecule has 5 aromatic heterocycles. The van der Waals surface area contributed by atoms with Crippen LogP contribution in [0.15, 0.2) is 73.4 Å². The van der Waals surface area contributed by atoms with Crippen LogP contribution in [-0.2, 0) is 6.42 Å². The van der Waals surface area contributed by atoms with Crippen LogP contribution in [0.1, 0.15) is 37.7 Å². The third kappa shape index (κ3) is 4.24. The van der Waals surface area contributed by atoms with Crippen molar-refractivity contribution < 1.29 is 4.39 Å². The van der Waals surface area contributed by atoms with Gasteiger partial charge in [0.15, 0.2) is 5.65 Å². The van der Waals surface area contributed by atoms with Crippen LogP contribution in [0.2, 0.25) is 0 Å². The number of hydrogen-bond acceptors (Lipinski definition) is 4. The van der Waals surface area contributed by atoms with Gasteiger partial charge in [0, 0.05) is 52.3 Å². The van der Waals surface area contributed by atoms with Crippen molar-refractivity contribution in [2.45, 2.75) is 38.5 Å². The number of nitrogens with one attached hydrogen (secondary N) is 2. The standard InChI is InChI=1S/C31H27FN6/c32-24-8-6-21(7-9-24)27-17-34-18-29-25(27)13-28(36-29)30-26-12-23(16-35-31(26)38-37-30)22-11-20(14-33-15-22)10-19-4-2-1-3-5-19/h6-9,11-19,36H,1-5,10H2,(H,35,37,38). The highest BCUT2D eigenvalue weighted by atomic mass is 19.1. The van der Waals surface area contributed by atoms with Gasteiger partial charge in [-0.15, -0.1) is 0 Å². The molecule has 0 amide bonds. The first kappa shape index (κ1) is 22.8. The molecule has 1 aliphatic rings. The van der Waals surface area contributed by atoms with Gasteiger partial charge in [0.05, 0.1) is 17.4 Å². The highest BCUT2D eigenvalue weighted by Crippen LogP contribution is 2.35. The molecule has 2 N–H and O–H groups in total. The molecule has 0 saturated heterocycles. The molecule has 1 fully saturated rings. The number of rotatable bonds is 5. The lowest BCUT2D eigenvalue weighted by atomic mass is 9.85. The van der Waals surface area contributed by atoms with Gasteiger partial charge >= 0.3 is 0 Å². The van der Waals surface area contributed by atoms with E-state index in [1.54, 1.807) is 18.3 Å². The largest absolute Gasteiger partial charge is 0.352 e. The van der Waals surface area contributed by atoms with E-state index in [9.17, 15) is 4.39 Å². The number of halogens is 1. The topological polar surface area (TPSA) is 83.1 Å². The average molecular weight is 503 g/mol. The molecule has 5 heterocycles. The van der Waals surface area contributed by atoms with Crippen LogP contribution in [-0.4, -0.2) is 30.1 Å². The summed E-state index contributed by atoms with van der Waals surface area (Å²) in [7, 11) is 0. The van der Waals surface area contributed by atoms with Gasteiger partial charge in [-0.25, -0.2) is 9.37 Å². The zero-order chi connectivity index (χ0) is 25.5. The van der Waals surface area contributed by atoms with Gasteiger partial charge in [-0.1, -0.05) is 44.2 Å². The Balaban J connectivity index is 1.25. The fourth-order valence-corrected chi connectivity index (χ4v) is 5.79. The van der Waals surface area contributed by atoms with Gasteiger partial charge in [-0.3, -0.25) is 15.1 Å². The third-order valence-corrected chi connectivity index (χ3v) is 7.75. The van der Waals surface area contributed by atoms with E-state index >= 15 is 0 Å². The van der Waals surface area contributed by atoms with Gasteiger partial charge in [0.2, 0.25) is 0 Å². The number of nitrogens with zero attached hydrogens (tertiary/aromatic N) is 4. The molecule has 1 aliphatic carbocycles. The van der Waals surface area contributed by atoms with Crippen molar-refractivity contribution in [3.63, 3.8) is 0 Å². The van der Waals surface area contributed by atoms with Crippen molar-refractivity contribution in [3.8, 4) is 33.6 Å². The van der Waals surface area contributed by atoms with Crippen LogP contribution < -0.4 is 0 Å². The first-order valence-corrected chi connectivity index (χ1v) is 13.2. The van der Waals surface area contributed by atoms with Gasteiger partial charge in [0.1, 0.15) is 11.5 Å². The SMILES string of the molecule is Fc1ccc(-c2cncc3[nH]c(-c4n[nH]c5ncc(-c6cncc(CC7CCCCC7)c6)cc45)cc23)cc1. The molecule has 0 radical (unpaired) electrons. The summed E-state index contributed by atoms with van der Waals surface area (Å²) in [6, 6.07) is 12.9. The van der Waals surface area contributed by atoms with E-state index < -0.39 is 0 Å². The minimum Gasteiger partial charge on any atom is -0.352 e. The summed E-state index contributed by atoms with van der Waals surface area (Å²) in [5.41, 5.74) is 8.50. The second-order valence-electron chi connectivity index (χ2n) is 10.3. The Morgan fingerprint density at radius 1 is 0.789 bits per heavy atom. The summed E-state index contributed by atoms with van der Waals surface area (Å²) in [6.45, 7) is 0. The summed E-state index contributed by atoms with van der Waals surface area (Å²) in [5, 5.41) is 9.61. The van der Waals surface area contributed by atoms with E-state index in [2.05, 4.69) is 48.3 Å². The molecule has 7 heteroatoms.